The molecule has 0 fully saturated rings. The quantitative estimate of drug-likeness (QED) is 0.715. The van der Waals surface area contributed by atoms with E-state index in [1.165, 1.54) is 11.1 Å². The van der Waals surface area contributed by atoms with Crippen LogP contribution in [0.25, 0.3) is 0 Å². The van der Waals surface area contributed by atoms with Crippen molar-refractivity contribution in [2.45, 2.75) is 39.2 Å². The number of nitrogens with one attached hydrogen (secondary N) is 1. The van der Waals surface area contributed by atoms with Gasteiger partial charge in [0.2, 0.25) is 0 Å². The summed E-state index contributed by atoms with van der Waals surface area (Å²) < 4.78 is 1.15. The van der Waals surface area contributed by atoms with E-state index in [0.717, 1.165) is 30.3 Å². The van der Waals surface area contributed by atoms with E-state index in [2.05, 4.69) is 59.9 Å². The summed E-state index contributed by atoms with van der Waals surface area (Å²) >= 11 is 3.55. The van der Waals surface area contributed by atoms with Crippen molar-refractivity contribution >= 4 is 15.9 Å². The van der Waals surface area contributed by atoms with Gasteiger partial charge < -0.3 is 5.32 Å². The predicted octanol–water partition coefficient (Wildman–Crippen LogP) is 4.76. The number of hydrogen-bond donors (Lipinski definition) is 1. The van der Waals surface area contributed by atoms with Crippen molar-refractivity contribution in [3.63, 3.8) is 0 Å². The molecule has 94 valence electrons. The zero-order valence-corrected chi connectivity index (χ0v) is 12.4. The lowest BCUT2D eigenvalue weighted by Crippen LogP contribution is -2.22. The van der Waals surface area contributed by atoms with Crippen LogP contribution in [0.5, 0.6) is 0 Å². The smallest absolute Gasteiger partial charge is 0.0326 e. The van der Waals surface area contributed by atoms with Gasteiger partial charge in [0.25, 0.3) is 0 Å². The molecule has 1 nitrogen and oxygen atoms in total. The fourth-order valence-corrected chi connectivity index (χ4v) is 2.34. The molecule has 0 saturated heterocycles. The molecule has 2 heteroatoms. The summed E-state index contributed by atoms with van der Waals surface area (Å²) in [6.07, 6.45) is 5.32. The maximum Gasteiger partial charge on any atom is 0.0326 e. The predicted molar refractivity (Wildman–Crippen MR) is 79.3 cm³/mol. The van der Waals surface area contributed by atoms with Crippen molar-refractivity contribution in [3.8, 4) is 0 Å². The molecule has 0 bridgehead atoms. The fourth-order valence-electron chi connectivity index (χ4n) is 1.96. The Morgan fingerprint density at radius 1 is 1.47 bits per heavy atom. The van der Waals surface area contributed by atoms with Crippen LogP contribution < -0.4 is 5.32 Å². The first-order chi connectivity index (χ1) is 8.19. The van der Waals surface area contributed by atoms with Gasteiger partial charge in [-0.2, -0.15) is 0 Å². The summed E-state index contributed by atoms with van der Waals surface area (Å²) in [6.45, 7) is 9.25. The van der Waals surface area contributed by atoms with Gasteiger partial charge in [-0.3, -0.25) is 0 Å². The Kier molecular flexibility index (Phi) is 6.53. The number of halogens is 1. The average molecular weight is 296 g/mol. The Bertz CT molecular complexity index is 360. The molecule has 17 heavy (non-hydrogen) atoms. The third-order valence-electron chi connectivity index (χ3n) is 2.92. The molecular weight excluding hydrogens is 274 g/mol. The number of allylic oxidation sites excluding steroid dienone is 1. The van der Waals surface area contributed by atoms with Crippen LogP contribution in [0.4, 0.5) is 0 Å². The van der Waals surface area contributed by atoms with Crippen LogP contribution in [0.2, 0.25) is 0 Å². The van der Waals surface area contributed by atoms with E-state index in [4.69, 9.17) is 0 Å². The number of rotatable bonds is 7. The van der Waals surface area contributed by atoms with Gasteiger partial charge in [0.1, 0.15) is 0 Å². The number of aryl methyl sites for hydroxylation is 1. The van der Waals surface area contributed by atoms with E-state index >= 15 is 0 Å². The van der Waals surface area contributed by atoms with Crippen LogP contribution in [0, 0.1) is 6.92 Å². The number of hydrogen-bond acceptors (Lipinski definition) is 1. The summed E-state index contributed by atoms with van der Waals surface area (Å²) in [5.74, 6) is 0. The normalized spacial score (nSPS) is 12.4. The van der Waals surface area contributed by atoms with E-state index in [1.807, 2.05) is 6.08 Å². The van der Waals surface area contributed by atoms with Gasteiger partial charge in [-0.05, 0) is 56.0 Å². The van der Waals surface area contributed by atoms with Crippen LogP contribution in [-0.4, -0.2) is 6.54 Å². The molecule has 1 rings (SSSR count). The molecule has 1 aromatic rings. The second-order valence-corrected chi connectivity index (χ2v) is 5.29. The van der Waals surface area contributed by atoms with E-state index in [9.17, 15) is 0 Å². The fraction of sp³-hybridized carbons (Fsp3) is 0.467. The first kappa shape index (κ1) is 14.5. The molecular formula is C15H22BrN. The van der Waals surface area contributed by atoms with Crippen molar-refractivity contribution in [2.24, 2.45) is 0 Å². The highest BCUT2D eigenvalue weighted by Gasteiger charge is 2.12. The highest BCUT2D eigenvalue weighted by Crippen LogP contribution is 2.25. The Balaban J connectivity index is 2.85. The van der Waals surface area contributed by atoms with Gasteiger partial charge >= 0.3 is 0 Å². The van der Waals surface area contributed by atoms with Crippen LogP contribution >= 0.6 is 15.9 Å². The van der Waals surface area contributed by atoms with Crippen LogP contribution in [0.1, 0.15) is 43.4 Å². The van der Waals surface area contributed by atoms with Crippen molar-refractivity contribution in [2.75, 3.05) is 6.54 Å². The lowest BCUT2D eigenvalue weighted by Gasteiger charge is -2.20. The van der Waals surface area contributed by atoms with E-state index in [1.54, 1.807) is 0 Å². The van der Waals surface area contributed by atoms with E-state index < -0.39 is 0 Å². The van der Waals surface area contributed by atoms with Gasteiger partial charge in [-0.15, -0.1) is 6.58 Å². The van der Waals surface area contributed by atoms with Gasteiger partial charge in [-0.25, -0.2) is 0 Å². The molecule has 0 aliphatic heterocycles. The zero-order valence-electron chi connectivity index (χ0n) is 10.8. The minimum atomic E-state index is 0.436. The number of benzene rings is 1. The van der Waals surface area contributed by atoms with Crippen molar-refractivity contribution in [1.29, 1.82) is 0 Å². The molecule has 0 heterocycles. The molecule has 0 aromatic heterocycles. The minimum absolute atomic E-state index is 0.436. The zero-order chi connectivity index (χ0) is 12.7. The molecule has 0 radical (unpaired) electrons. The van der Waals surface area contributed by atoms with Crippen molar-refractivity contribution in [3.05, 3.63) is 46.5 Å². The molecule has 0 spiro atoms. The summed E-state index contributed by atoms with van der Waals surface area (Å²) in [5.41, 5.74) is 2.75. The second-order valence-electron chi connectivity index (χ2n) is 4.37. The summed E-state index contributed by atoms with van der Waals surface area (Å²) in [6, 6.07) is 6.94. The third-order valence-corrected chi connectivity index (χ3v) is 3.41. The SMILES string of the molecule is C=CCCC(NCCC)c1cc(Br)ccc1C. The summed E-state index contributed by atoms with van der Waals surface area (Å²) in [7, 11) is 0. The van der Waals surface area contributed by atoms with Crippen LogP contribution in [0.3, 0.4) is 0 Å². The standard InChI is InChI=1S/C15H22BrN/c1-4-6-7-15(17-10-5-2)14-11-13(16)9-8-12(14)3/h4,8-9,11,15,17H,1,5-7,10H2,2-3H3. The van der Waals surface area contributed by atoms with E-state index in [0.29, 0.717) is 6.04 Å². The molecule has 1 unspecified atom stereocenters. The van der Waals surface area contributed by atoms with Crippen molar-refractivity contribution in [1.82, 2.24) is 5.32 Å². The molecule has 0 aliphatic rings. The first-order valence-electron chi connectivity index (χ1n) is 6.29. The molecule has 0 amide bonds. The van der Waals surface area contributed by atoms with Gasteiger partial charge in [0, 0.05) is 10.5 Å². The molecule has 1 aromatic carbocycles. The maximum atomic E-state index is 3.81. The van der Waals surface area contributed by atoms with Gasteiger partial charge in [0.15, 0.2) is 0 Å². The lowest BCUT2D eigenvalue weighted by atomic mass is 9.97. The Morgan fingerprint density at radius 2 is 2.24 bits per heavy atom. The summed E-state index contributed by atoms with van der Waals surface area (Å²) in [5, 5.41) is 3.62. The van der Waals surface area contributed by atoms with Crippen LogP contribution in [-0.2, 0) is 0 Å². The molecule has 1 atom stereocenters. The Hall–Kier alpha value is -0.600. The lowest BCUT2D eigenvalue weighted by molar-refractivity contribution is 0.501. The Morgan fingerprint density at radius 3 is 2.88 bits per heavy atom. The van der Waals surface area contributed by atoms with Gasteiger partial charge in [0.05, 0.1) is 0 Å². The van der Waals surface area contributed by atoms with Crippen LogP contribution in [0.15, 0.2) is 35.3 Å². The topological polar surface area (TPSA) is 12.0 Å². The molecule has 1 N–H and O–H groups in total. The van der Waals surface area contributed by atoms with E-state index in [-0.39, 0.29) is 0 Å². The largest absolute Gasteiger partial charge is 0.310 e. The molecule has 0 aliphatic carbocycles. The second kappa shape index (κ2) is 7.67. The highest BCUT2D eigenvalue weighted by molar-refractivity contribution is 9.10. The van der Waals surface area contributed by atoms with Gasteiger partial charge in [-0.1, -0.05) is 35.0 Å². The molecule has 0 saturated carbocycles. The monoisotopic (exact) mass is 295 g/mol. The third kappa shape index (κ3) is 4.64. The maximum absolute atomic E-state index is 3.81. The first-order valence-corrected chi connectivity index (χ1v) is 7.08. The Labute approximate surface area is 113 Å². The summed E-state index contributed by atoms with van der Waals surface area (Å²) in [4.78, 5) is 0. The average Bonchev–Trinajstić information content (AvgIpc) is 2.33. The minimum Gasteiger partial charge on any atom is -0.310 e. The van der Waals surface area contributed by atoms with Crippen molar-refractivity contribution < 1.29 is 0 Å². The highest BCUT2D eigenvalue weighted by atomic mass is 79.9.